The first-order valence-corrected chi connectivity index (χ1v) is 13.3. The van der Waals surface area contributed by atoms with Crippen LogP contribution < -0.4 is 16.4 Å². The molecule has 10 heteroatoms. The smallest absolute Gasteiger partial charge is 0.258 e. The van der Waals surface area contributed by atoms with Gasteiger partial charge in [-0.25, -0.2) is 18.7 Å². The van der Waals surface area contributed by atoms with Gasteiger partial charge < -0.3 is 21.3 Å². The van der Waals surface area contributed by atoms with Gasteiger partial charge in [0, 0.05) is 23.7 Å². The average Bonchev–Trinajstić information content (AvgIpc) is 2.95. The zero-order chi connectivity index (χ0) is 28.1. The van der Waals surface area contributed by atoms with E-state index >= 15 is 0 Å². The van der Waals surface area contributed by atoms with Crippen LogP contribution in [0.2, 0.25) is 0 Å². The van der Waals surface area contributed by atoms with Gasteiger partial charge in [0.15, 0.2) is 0 Å². The van der Waals surface area contributed by atoms with Crippen molar-refractivity contribution in [2.24, 2.45) is 5.73 Å². The van der Waals surface area contributed by atoms with E-state index in [-0.39, 0.29) is 11.6 Å². The van der Waals surface area contributed by atoms with Crippen LogP contribution in [0.25, 0.3) is 10.9 Å². The number of nitrogens with zero attached hydrogens (tertiary/aromatic N) is 3. The Hall–Kier alpha value is -4.44. The summed E-state index contributed by atoms with van der Waals surface area (Å²) in [6.45, 7) is 2.94. The third-order valence-corrected chi connectivity index (χ3v) is 7.15. The Labute approximate surface area is 230 Å². The molecular weight excluding hydrogens is 514 g/mol. The van der Waals surface area contributed by atoms with Gasteiger partial charge in [-0.15, -0.1) is 0 Å². The monoisotopic (exact) mass is 544 g/mol. The fraction of sp³-hybridized carbons (Fsp3) is 0.267. The van der Waals surface area contributed by atoms with E-state index in [2.05, 4.69) is 25.5 Å². The molecule has 1 saturated heterocycles. The molecule has 4 N–H and O–H groups in total. The Morgan fingerprint density at radius 1 is 0.950 bits per heavy atom. The fourth-order valence-electron chi connectivity index (χ4n) is 5.09. The summed E-state index contributed by atoms with van der Waals surface area (Å²) in [6, 6.07) is 15.1. The van der Waals surface area contributed by atoms with Crippen molar-refractivity contribution in [2.75, 3.05) is 30.3 Å². The van der Waals surface area contributed by atoms with Crippen molar-refractivity contribution in [3.8, 4) is 0 Å². The van der Waals surface area contributed by atoms with E-state index in [9.17, 15) is 18.4 Å². The van der Waals surface area contributed by atoms with Gasteiger partial charge in [-0.2, -0.15) is 0 Å². The SMILES string of the molecule is NC(=O)c1cccc2c(NC(CCN3CCCCC3)c3cccc(NC(=O)c4ccc(F)cc4F)c3)ncnc12. The highest BCUT2D eigenvalue weighted by atomic mass is 19.1. The molecule has 0 bridgehead atoms. The van der Waals surface area contributed by atoms with Crippen molar-refractivity contribution >= 4 is 34.2 Å². The molecule has 3 aromatic carbocycles. The zero-order valence-corrected chi connectivity index (χ0v) is 21.9. The normalized spacial score (nSPS) is 14.6. The number of anilines is 2. The second-order valence-corrected chi connectivity index (χ2v) is 9.88. The second kappa shape index (κ2) is 12.2. The van der Waals surface area contributed by atoms with E-state index in [4.69, 9.17) is 5.73 Å². The number of para-hydroxylation sites is 1. The van der Waals surface area contributed by atoms with E-state index in [1.807, 2.05) is 24.3 Å². The molecule has 0 aliphatic carbocycles. The molecule has 8 nitrogen and oxygen atoms in total. The molecule has 1 unspecified atom stereocenters. The molecule has 2 heterocycles. The number of aromatic nitrogens is 2. The molecule has 40 heavy (non-hydrogen) atoms. The summed E-state index contributed by atoms with van der Waals surface area (Å²) in [6.07, 6.45) is 5.72. The quantitative estimate of drug-likeness (QED) is 0.264. The molecule has 5 rings (SSSR count). The molecule has 0 radical (unpaired) electrons. The molecule has 1 aliphatic rings. The highest BCUT2D eigenvalue weighted by Crippen LogP contribution is 2.29. The molecular formula is C30H30F2N6O2. The summed E-state index contributed by atoms with van der Waals surface area (Å²) < 4.78 is 27.5. The number of carbonyl (C=O) groups is 2. The number of benzene rings is 3. The summed E-state index contributed by atoms with van der Waals surface area (Å²) >= 11 is 0. The number of amides is 2. The van der Waals surface area contributed by atoms with E-state index in [1.54, 1.807) is 18.2 Å². The molecule has 206 valence electrons. The number of piperidine rings is 1. The van der Waals surface area contributed by atoms with Crippen molar-refractivity contribution in [1.82, 2.24) is 14.9 Å². The third-order valence-electron chi connectivity index (χ3n) is 7.15. The lowest BCUT2D eigenvalue weighted by Crippen LogP contribution is -2.32. The summed E-state index contributed by atoms with van der Waals surface area (Å²) in [5.74, 6) is -2.37. The zero-order valence-electron chi connectivity index (χ0n) is 21.9. The summed E-state index contributed by atoms with van der Waals surface area (Å²) in [5.41, 5.74) is 7.45. The molecule has 1 aromatic heterocycles. The lowest BCUT2D eigenvalue weighted by molar-refractivity contribution is 0.0998. The van der Waals surface area contributed by atoms with Crippen molar-refractivity contribution < 1.29 is 18.4 Å². The van der Waals surface area contributed by atoms with Crippen molar-refractivity contribution in [3.63, 3.8) is 0 Å². The summed E-state index contributed by atoms with van der Waals surface area (Å²) in [7, 11) is 0. The maximum Gasteiger partial charge on any atom is 0.258 e. The van der Waals surface area contributed by atoms with Gasteiger partial charge in [0.2, 0.25) is 0 Å². The van der Waals surface area contributed by atoms with Crippen LogP contribution in [0.15, 0.2) is 67.0 Å². The Kier molecular flexibility index (Phi) is 8.26. The average molecular weight is 545 g/mol. The van der Waals surface area contributed by atoms with Crippen LogP contribution in [0, 0.1) is 11.6 Å². The van der Waals surface area contributed by atoms with E-state index in [1.165, 1.54) is 25.6 Å². The number of fused-ring (bicyclic) bond motifs is 1. The first-order chi connectivity index (χ1) is 19.4. The minimum Gasteiger partial charge on any atom is -0.366 e. The number of carbonyl (C=O) groups excluding carboxylic acids is 2. The molecule has 1 aliphatic heterocycles. The Balaban J connectivity index is 1.43. The molecule has 1 fully saturated rings. The van der Waals surface area contributed by atoms with Gasteiger partial charge >= 0.3 is 0 Å². The lowest BCUT2D eigenvalue weighted by atomic mass is 10.0. The number of likely N-dealkylation sites (tertiary alicyclic amines) is 1. The molecule has 2 amide bonds. The maximum atomic E-state index is 14.2. The van der Waals surface area contributed by atoms with Crippen LogP contribution in [-0.4, -0.2) is 46.3 Å². The van der Waals surface area contributed by atoms with Crippen LogP contribution >= 0.6 is 0 Å². The van der Waals surface area contributed by atoms with E-state index in [0.29, 0.717) is 34.0 Å². The van der Waals surface area contributed by atoms with Crippen molar-refractivity contribution in [1.29, 1.82) is 0 Å². The van der Waals surface area contributed by atoms with Gasteiger partial charge in [-0.1, -0.05) is 24.6 Å². The molecule has 4 aromatic rings. The molecule has 0 saturated carbocycles. The summed E-state index contributed by atoms with van der Waals surface area (Å²) in [5, 5.41) is 6.91. The molecule has 0 spiro atoms. The lowest BCUT2D eigenvalue weighted by Gasteiger charge is -2.29. The topological polar surface area (TPSA) is 113 Å². The highest BCUT2D eigenvalue weighted by molar-refractivity contribution is 6.07. The van der Waals surface area contributed by atoms with Crippen molar-refractivity contribution in [2.45, 2.75) is 31.7 Å². The number of rotatable bonds is 9. The Morgan fingerprint density at radius 3 is 2.52 bits per heavy atom. The fourth-order valence-corrected chi connectivity index (χ4v) is 5.09. The standard InChI is InChI=1S/C30H30F2N6O2/c31-20-10-11-22(25(32)17-20)30(40)36-21-7-4-6-19(16-21)26(12-15-38-13-2-1-3-14-38)37-29-24-9-5-8-23(28(33)39)27(24)34-18-35-29/h4-11,16-18,26H,1-3,12-15H2,(H2,33,39)(H,36,40)(H,34,35,37). The van der Waals surface area contributed by atoms with Crippen LogP contribution in [0.1, 0.15) is 58.0 Å². The second-order valence-electron chi connectivity index (χ2n) is 9.88. The Morgan fingerprint density at radius 2 is 1.75 bits per heavy atom. The number of nitrogens with two attached hydrogens (primary N) is 1. The number of halogens is 2. The van der Waals surface area contributed by atoms with E-state index in [0.717, 1.165) is 43.8 Å². The van der Waals surface area contributed by atoms with Gasteiger partial charge in [-0.05, 0) is 74.3 Å². The number of hydrogen-bond acceptors (Lipinski definition) is 6. The number of primary amides is 1. The minimum atomic E-state index is -0.930. The first kappa shape index (κ1) is 27.1. The Bertz CT molecular complexity index is 1540. The third kappa shape index (κ3) is 6.23. The summed E-state index contributed by atoms with van der Waals surface area (Å²) in [4.78, 5) is 35.9. The predicted octanol–water partition coefficient (Wildman–Crippen LogP) is 5.29. The highest BCUT2D eigenvalue weighted by Gasteiger charge is 2.20. The van der Waals surface area contributed by atoms with Crippen LogP contribution in [-0.2, 0) is 0 Å². The van der Waals surface area contributed by atoms with Gasteiger partial charge in [0.1, 0.15) is 23.8 Å². The van der Waals surface area contributed by atoms with Crippen molar-refractivity contribution in [3.05, 3.63) is 95.3 Å². The predicted molar refractivity (Wildman–Crippen MR) is 150 cm³/mol. The maximum absolute atomic E-state index is 14.2. The van der Waals surface area contributed by atoms with Gasteiger partial charge in [0.05, 0.1) is 22.7 Å². The van der Waals surface area contributed by atoms with Crippen LogP contribution in [0.3, 0.4) is 0 Å². The van der Waals surface area contributed by atoms with Crippen LogP contribution in [0.4, 0.5) is 20.3 Å². The number of nitrogens with one attached hydrogen (secondary N) is 2. The first-order valence-electron chi connectivity index (χ1n) is 13.3. The van der Waals surface area contributed by atoms with Gasteiger partial charge in [-0.3, -0.25) is 9.59 Å². The van der Waals surface area contributed by atoms with Gasteiger partial charge in [0.25, 0.3) is 11.8 Å². The molecule has 1 atom stereocenters. The number of hydrogen-bond donors (Lipinski definition) is 3. The van der Waals surface area contributed by atoms with E-state index < -0.39 is 23.4 Å². The van der Waals surface area contributed by atoms with Crippen LogP contribution in [0.5, 0.6) is 0 Å². The minimum absolute atomic E-state index is 0.211. The largest absolute Gasteiger partial charge is 0.366 e.